The summed E-state index contributed by atoms with van der Waals surface area (Å²) in [7, 11) is 1.45. The number of methoxy groups -OCH3 is 1. The third-order valence-electron chi connectivity index (χ3n) is 4.08. The first-order chi connectivity index (χ1) is 14.8. The summed E-state index contributed by atoms with van der Waals surface area (Å²) in [4.78, 5) is 25.3. The monoisotopic (exact) mass is 495 g/mol. The highest BCUT2D eigenvalue weighted by Gasteiger charge is 2.19. The van der Waals surface area contributed by atoms with Gasteiger partial charge in [0.25, 0.3) is 5.91 Å². The largest absolute Gasteiger partial charge is 0.495 e. The van der Waals surface area contributed by atoms with Crippen LogP contribution in [0.1, 0.15) is 10.4 Å². The van der Waals surface area contributed by atoms with E-state index in [4.69, 9.17) is 39.5 Å². The molecular formula is C21H16Cl3N3O3S. The van der Waals surface area contributed by atoms with Crippen molar-refractivity contribution < 1.29 is 14.3 Å². The van der Waals surface area contributed by atoms with Crippen LogP contribution in [-0.2, 0) is 0 Å². The Morgan fingerprint density at radius 3 is 2.10 bits per heavy atom. The number of rotatable bonds is 5. The molecule has 0 aliphatic carbocycles. The molecule has 0 saturated heterocycles. The van der Waals surface area contributed by atoms with Crippen LogP contribution < -0.4 is 19.7 Å². The zero-order chi connectivity index (χ0) is 22.5. The number of anilines is 3. The maximum Gasteiger partial charge on any atom is 0.336 e. The number of thiol groups is 1. The normalized spacial score (nSPS) is 10.4. The molecule has 0 atom stereocenters. The van der Waals surface area contributed by atoms with Crippen LogP contribution in [0.5, 0.6) is 5.75 Å². The van der Waals surface area contributed by atoms with Crippen molar-refractivity contribution in [1.29, 1.82) is 0 Å². The summed E-state index contributed by atoms with van der Waals surface area (Å²) in [5.74, 6) is -0.0349. The number of hydrogen-bond acceptors (Lipinski definition) is 4. The lowest BCUT2D eigenvalue weighted by Gasteiger charge is -2.20. The Hall–Kier alpha value is -2.58. The summed E-state index contributed by atoms with van der Waals surface area (Å²) in [6, 6.07) is 15.3. The van der Waals surface area contributed by atoms with E-state index in [0.717, 1.165) is 4.31 Å². The van der Waals surface area contributed by atoms with Crippen molar-refractivity contribution in [1.82, 2.24) is 0 Å². The van der Waals surface area contributed by atoms with Gasteiger partial charge in [0.15, 0.2) is 0 Å². The molecule has 3 rings (SSSR count). The van der Waals surface area contributed by atoms with Crippen LogP contribution in [0, 0.1) is 0 Å². The number of carbonyl (C=O) groups is 2. The van der Waals surface area contributed by atoms with Crippen LogP contribution in [0.3, 0.4) is 0 Å². The summed E-state index contributed by atoms with van der Waals surface area (Å²) in [5.41, 5.74) is 1.52. The highest BCUT2D eigenvalue weighted by molar-refractivity contribution is 7.82. The van der Waals surface area contributed by atoms with Gasteiger partial charge in [-0.15, -0.1) is 0 Å². The molecule has 0 fully saturated rings. The van der Waals surface area contributed by atoms with Gasteiger partial charge in [0.05, 0.1) is 12.8 Å². The second-order valence-corrected chi connectivity index (χ2v) is 7.96. The summed E-state index contributed by atoms with van der Waals surface area (Å²) >= 11 is 22.1. The zero-order valence-electron chi connectivity index (χ0n) is 16.0. The lowest BCUT2D eigenvalue weighted by Crippen LogP contribution is -2.27. The lowest BCUT2D eigenvalue weighted by molar-refractivity contribution is 0.102. The highest BCUT2D eigenvalue weighted by atomic mass is 35.5. The van der Waals surface area contributed by atoms with E-state index in [-0.39, 0.29) is 11.6 Å². The molecule has 3 aromatic carbocycles. The number of halogens is 3. The topological polar surface area (TPSA) is 70.7 Å². The third kappa shape index (κ3) is 5.98. The van der Waals surface area contributed by atoms with Crippen molar-refractivity contribution in [2.24, 2.45) is 0 Å². The van der Waals surface area contributed by atoms with E-state index in [1.807, 2.05) is 0 Å². The molecule has 0 saturated carbocycles. The van der Waals surface area contributed by atoms with E-state index in [1.54, 1.807) is 54.6 Å². The number of nitrogens with one attached hydrogen (secondary N) is 2. The Bertz CT molecular complexity index is 1110. The van der Waals surface area contributed by atoms with Gasteiger partial charge in [0, 0.05) is 32.0 Å². The molecule has 0 aromatic heterocycles. The molecule has 0 spiro atoms. The molecule has 0 unspecified atom stereocenters. The van der Waals surface area contributed by atoms with Crippen molar-refractivity contribution in [3.05, 3.63) is 81.3 Å². The first-order valence-electron chi connectivity index (χ1n) is 8.78. The van der Waals surface area contributed by atoms with Gasteiger partial charge in [-0.3, -0.25) is 4.79 Å². The maximum absolute atomic E-state index is 12.7. The first kappa shape index (κ1) is 23.1. The van der Waals surface area contributed by atoms with E-state index in [0.29, 0.717) is 37.8 Å². The van der Waals surface area contributed by atoms with E-state index >= 15 is 0 Å². The van der Waals surface area contributed by atoms with Gasteiger partial charge >= 0.3 is 6.03 Å². The Balaban J connectivity index is 1.82. The fourth-order valence-electron chi connectivity index (χ4n) is 2.65. The Labute approximate surface area is 199 Å². The molecule has 6 nitrogen and oxygen atoms in total. The van der Waals surface area contributed by atoms with E-state index < -0.39 is 6.03 Å². The number of nitrogens with zero attached hydrogens (tertiary/aromatic N) is 1. The molecule has 0 bridgehead atoms. The highest BCUT2D eigenvalue weighted by Crippen LogP contribution is 2.32. The van der Waals surface area contributed by atoms with Crippen LogP contribution in [0.4, 0.5) is 21.9 Å². The predicted molar refractivity (Wildman–Crippen MR) is 129 cm³/mol. The smallest absolute Gasteiger partial charge is 0.336 e. The van der Waals surface area contributed by atoms with Crippen LogP contribution in [0.25, 0.3) is 0 Å². The van der Waals surface area contributed by atoms with Gasteiger partial charge in [-0.1, -0.05) is 47.6 Å². The van der Waals surface area contributed by atoms with E-state index in [1.165, 1.54) is 13.2 Å². The molecule has 160 valence electrons. The fraction of sp³-hybridized carbons (Fsp3) is 0.0476. The van der Waals surface area contributed by atoms with Gasteiger partial charge in [0.2, 0.25) is 0 Å². The lowest BCUT2D eigenvalue weighted by atomic mass is 10.1. The molecule has 0 heterocycles. The van der Waals surface area contributed by atoms with Crippen molar-refractivity contribution in [2.75, 3.05) is 22.0 Å². The van der Waals surface area contributed by atoms with Gasteiger partial charge in [-0.25, -0.2) is 9.10 Å². The molecule has 2 N–H and O–H groups in total. The average molecular weight is 497 g/mol. The molecule has 10 heteroatoms. The summed E-state index contributed by atoms with van der Waals surface area (Å²) in [6.07, 6.45) is 0. The minimum atomic E-state index is -0.602. The number of benzene rings is 3. The summed E-state index contributed by atoms with van der Waals surface area (Å²) < 4.78 is 6.33. The fourth-order valence-corrected chi connectivity index (χ4v) is 3.50. The number of amides is 3. The Morgan fingerprint density at radius 2 is 1.48 bits per heavy atom. The van der Waals surface area contributed by atoms with Crippen LogP contribution in [0.15, 0.2) is 60.7 Å². The molecule has 0 aliphatic rings. The maximum atomic E-state index is 12.7. The standard InChI is InChI=1S/C21H16Cl3N3O3S/c1-30-19-7-2-12(20(28)25-16-5-3-13(22)4-6-16)8-18(19)27(31)21(29)26-17-10-14(23)9-15(24)11-17/h2-11,31H,1H3,(H,25,28)(H,26,29). The van der Waals surface area contributed by atoms with Gasteiger partial charge in [-0.2, -0.15) is 0 Å². The van der Waals surface area contributed by atoms with Crippen molar-refractivity contribution in [2.45, 2.75) is 0 Å². The van der Waals surface area contributed by atoms with E-state index in [9.17, 15) is 9.59 Å². The zero-order valence-corrected chi connectivity index (χ0v) is 19.2. The van der Waals surface area contributed by atoms with Gasteiger partial charge < -0.3 is 15.4 Å². The number of ether oxygens (including phenoxy) is 1. The molecule has 31 heavy (non-hydrogen) atoms. The van der Waals surface area contributed by atoms with Crippen molar-refractivity contribution in [3.63, 3.8) is 0 Å². The Morgan fingerprint density at radius 1 is 0.839 bits per heavy atom. The average Bonchev–Trinajstić information content (AvgIpc) is 2.73. The van der Waals surface area contributed by atoms with Crippen LogP contribution >= 0.6 is 47.6 Å². The summed E-state index contributed by atoms with van der Waals surface area (Å²) in [5, 5.41) is 6.69. The molecular weight excluding hydrogens is 481 g/mol. The van der Waals surface area contributed by atoms with Crippen molar-refractivity contribution in [3.8, 4) is 5.75 Å². The molecule has 0 aliphatic heterocycles. The van der Waals surface area contributed by atoms with Crippen LogP contribution in [-0.4, -0.2) is 19.0 Å². The quantitative estimate of drug-likeness (QED) is 0.341. The van der Waals surface area contributed by atoms with Crippen LogP contribution in [0.2, 0.25) is 15.1 Å². The van der Waals surface area contributed by atoms with Gasteiger partial charge in [-0.05, 0) is 60.7 Å². The van der Waals surface area contributed by atoms with Crippen molar-refractivity contribution >= 4 is 76.6 Å². The third-order valence-corrected chi connectivity index (χ3v) is 5.16. The SMILES string of the molecule is COc1ccc(C(=O)Nc2ccc(Cl)cc2)cc1N(S)C(=O)Nc1cc(Cl)cc(Cl)c1. The molecule has 3 amide bonds. The van der Waals surface area contributed by atoms with Gasteiger partial charge in [0.1, 0.15) is 5.75 Å². The molecule has 3 aromatic rings. The number of urea groups is 1. The minimum Gasteiger partial charge on any atom is -0.495 e. The Kier molecular flexibility index (Phi) is 7.56. The summed E-state index contributed by atoms with van der Waals surface area (Å²) in [6.45, 7) is 0. The number of carbonyl (C=O) groups excluding carboxylic acids is 2. The second kappa shape index (κ2) is 10.2. The van der Waals surface area contributed by atoms with E-state index in [2.05, 4.69) is 23.4 Å². The second-order valence-electron chi connectivity index (χ2n) is 6.25. The predicted octanol–water partition coefficient (Wildman–Crippen LogP) is 6.79. The first-order valence-corrected chi connectivity index (χ1v) is 10.3. The molecule has 0 radical (unpaired) electrons. The number of hydrogen-bond donors (Lipinski definition) is 3. The minimum absolute atomic E-state index is 0.264.